The monoisotopic (exact) mass is 567 g/mol. The minimum absolute atomic E-state index is 0.00140. The Hall–Kier alpha value is -0.350. The van der Waals surface area contributed by atoms with E-state index in [1.54, 1.807) is 7.11 Å². The molecule has 0 aromatic carbocycles. The molecule has 9 nitrogen and oxygen atoms in total. The molecule has 0 rings (SSSR count). The van der Waals surface area contributed by atoms with Gasteiger partial charge in [0, 0.05) is 13.7 Å². The first-order valence-corrected chi connectivity index (χ1v) is 16.0. The molecule has 0 aliphatic carbocycles. The number of ether oxygens (including phenoxy) is 4. The molecule has 0 aliphatic rings. The first kappa shape index (κ1) is 37.6. The predicted molar refractivity (Wildman–Crippen MR) is 151 cm³/mol. The second-order valence-electron chi connectivity index (χ2n) is 10.7. The number of likely N-dealkylation sites (N-methyl/N-ethyl adjacent to an activating group) is 1. The van der Waals surface area contributed by atoms with E-state index in [2.05, 4.69) is 19.1 Å². The molecule has 0 spiro atoms. The van der Waals surface area contributed by atoms with Crippen LogP contribution in [0, 0.1) is 0 Å². The lowest BCUT2D eigenvalue weighted by molar-refractivity contribution is -0.870. The van der Waals surface area contributed by atoms with Crippen molar-refractivity contribution in [2.24, 2.45) is 0 Å². The maximum atomic E-state index is 12.1. The van der Waals surface area contributed by atoms with Gasteiger partial charge in [-0.3, -0.25) is 4.57 Å². The van der Waals surface area contributed by atoms with Crippen LogP contribution >= 0.6 is 7.82 Å². The SMILES string of the molecule is CCCC/C=C\CCCCCCCCCCOC[C@H](COP(=O)([O-])OCC[N+](C)(C)C)OCOCCOC. The fraction of sp³-hybridized carbons (Fsp3) is 0.929. The van der Waals surface area contributed by atoms with Crippen molar-refractivity contribution < 1.29 is 41.9 Å². The van der Waals surface area contributed by atoms with Crippen LogP contribution in [0.3, 0.4) is 0 Å². The highest BCUT2D eigenvalue weighted by Gasteiger charge is 2.18. The predicted octanol–water partition coefficient (Wildman–Crippen LogP) is 5.47. The Morgan fingerprint density at radius 2 is 1.39 bits per heavy atom. The van der Waals surface area contributed by atoms with E-state index in [-0.39, 0.29) is 26.6 Å². The van der Waals surface area contributed by atoms with Gasteiger partial charge in [-0.2, -0.15) is 0 Å². The quantitative estimate of drug-likeness (QED) is 0.0386. The molecule has 0 aliphatic heterocycles. The Bertz CT molecular complexity index is 586. The fourth-order valence-corrected chi connectivity index (χ4v) is 4.16. The largest absolute Gasteiger partial charge is 0.756 e. The van der Waals surface area contributed by atoms with E-state index < -0.39 is 13.9 Å². The minimum Gasteiger partial charge on any atom is -0.756 e. The normalized spacial score (nSPS) is 14.8. The molecule has 0 aromatic heterocycles. The van der Waals surface area contributed by atoms with Gasteiger partial charge in [0.05, 0.1) is 47.6 Å². The highest BCUT2D eigenvalue weighted by molar-refractivity contribution is 7.45. The molecule has 2 atom stereocenters. The van der Waals surface area contributed by atoms with Crippen molar-refractivity contribution in [1.82, 2.24) is 0 Å². The molecule has 0 amide bonds. The van der Waals surface area contributed by atoms with Gasteiger partial charge in [-0.15, -0.1) is 0 Å². The van der Waals surface area contributed by atoms with E-state index in [1.807, 2.05) is 21.1 Å². The zero-order valence-electron chi connectivity index (χ0n) is 25.0. The van der Waals surface area contributed by atoms with Crippen molar-refractivity contribution >= 4 is 7.82 Å². The van der Waals surface area contributed by atoms with Crippen molar-refractivity contribution in [3.05, 3.63) is 12.2 Å². The van der Waals surface area contributed by atoms with Crippen LogP contribution in [0.25, 0.3) is 0 Å². The van der Waals surface area contributed by atoms with Gasteiger partial charge in [-0.05, 0) is 25.7 Å². The van der Waals surface area contributed by atoms with Crippen LogP contribution in [0.4, 0.5) is 0 Å². The molecule has 1 unspecified atom stereocenters. The van der Waals surface area contributed by atoms with Gasteiger partial charge in [0.25, 0.3) is 7.82 Å². The second kappa shape index (κ2) is 25.6. The average Bonchev–Trinajstić information content (AvgIpc) is 2.85. The molecule has 0 heterocycles. The number of hydrogen-bond donors (Lipinski definition) is 0. The molecule has 228 valence electrons. The van der Waals surface area contributed by atoms with Gasteiger partial charge in [0.1, 0.15) is 26.0 Å². The third kappa shape index (κ3) is 28.7. The number of methoxy groups -OCH3 is 1. The Kier molecular flexibility index (Phi) is 25.4. The highest BCUT2D eigenvalue weighted by Crippen LogP contribution is 2.38. The molecule has 0 aromatic rings. The number of phosphoric acid groups is 1. The Morgan fingerprint density at radius 1 is 0.763 bits per heavy atom. The molecule has 0 radical (unpaired) electrons. The van der Waals surface area contributed by atoms with E-state index in [1.165, 1.54) is 64.2 Å². The van der Waals surface area contributed by atoms with Crippen LogP contribution < -0.4 is 4.89 Å². The number of rotatable bonds is 29. The number of hydrogen-bond acceptors (Lipinski definition) is 8. The van der Waals surface area contributed by atoms with Crippen LogP contribution in [0.5, 0.6) is 0 Å². The lowest BCUT2D eigenvalue weighted by Gasteiger charge is -2.28. The number of phosphoric ester groups is 1. The Labute approximate surface area is 233 Å². The van der Waals surface area contributed by atoms with Gasteiger partial charge in [-0.25, -0.2) is 0 Å². The number of allylic oxidation sites excluding steroid dienone is 2. The first-order valence-electron chi connectivity index (χ1n) is 14.5. The maximum Gasteiger partial charge on any atom is 0.268 e. The summed E-state index contributed by atoms with van der Waals surface area (Å²) in [6.45, 7) is 4.31. The Morgan fingerprint density at radius 3 is 2.03 bits per heavy atom. The summed E-state index contributed by atoms with van der Waals surface area (Å²) in [5, 5.41) is 0. The Balaban J connectivity index is 3.99. The molecule has 0 N–H and O–H groups in total. The van der Waals surface area contributed by atoms with Gasteiger partial charge >= 0.3 is 0 Å². The standard InChI is InChI=1S/C28H58NO8P/c1-6-7-8-9-10-11-12-13-14-15-16-17-18-19-21-33-25-28(35-27-34-24-23-32-5)26-37-38(30,31)36-22-20-29(2,3)4/h9-10,28H,6-8,11-27H2,1-5H3/b10-9-/t28-/m1/s1. The molecule has 0 saturated carbocycles. The van der Waals surface area contributed by atoms with E-state index in [0.29, 0.717) is 30.8 Å². The van der Waals surface area contributed by atoms with Crippen molar-refractivity contribution in [3.8, 4) is 0 Å². The van der Waals surface area contributed by atoms with Crippen LogP contribution in [0.1, 0.15) is 84.0 Å². The molecule has 38 heavy (non-hydrogen) atoms. The van der Waals surface area contributed by atoms with Gasteiger partial charge in [0.15, 0.2) is 0 Å². The molecule has 10 heteroatoms. The lowest BCUT2D eigenvalue weighted by Crippen LogP contribution is -2.37. The average molecular weight is 568 g/mol. The van der Waals surface area contributed by atoms with E-state index in [0.717, 1.165) is 12.8 Å². The number of nitrogens with zero attached hydrogens (tertiary/aromatic N) is 1. The summed E-state index contributed by atoms with van der Waals surface area (Å²) in [6.07, 6.45) is 18.9. The van der Waals surface area contributed by atoms with E-state index in [9.17, 15) is 9.46 Å². The molecule has 0 saturated heterocycles. The molecular formula is C28H58NO8P. The highest BCUT2D eigenvalue weighted by atomic mass is 31.2. The topological polar surface area (TPSA) is 95.5 Å². The number of unbranched alkanes of at least 4 members (excludes halogenated alkanes) is 10. The summed E-state index contributed by atoms with van der Waals surface area (Å²) in [7, 11) is 3.05. The summed E-state index contributed by atoms with van der Waals surface area (Å²) >= 11 is 0. The van der Waals surface area contributed by atoms with Crippen LogP contribution in [-0.4, -0.2) is 91.8 Å². The van der Waals surface area contributed by atoms with Gasteiger partial charge < -0.3 is 37.4 Å². The summed E-state index contributed by atoms with van der Waals surface area (Å²) in [5.41, 5.74) is 0. The van der Waals surface area contributed by atoms with Gasteiger partial charge in [0.2, 0.25) is 0 Å². The zero-order chi connectivity index (χ0) is 28.4. The van der Waals surface area contributed by atoms with Gasteiger partial charge in [-0.1, -0.05) is 70.4 Å². The van der Waals surface area contributed by atoms with Crippen LogP contribution in [0.2, 0.25) is 0 Å². The summed E-state index contributed by atoms with van der Waals surface area (Å²) in [5.74, 6) is 0. The smallest absolute Gasteiger partial charge is 0.268 e. The third-order valence-corrected chi connectivity index (χ3v) is 6.82. The van der Waals surface area contributed by atoms with Crippen molar-refractivity contribution in [2.75, 3.05) is 81.2 Å². The van der Waals surface area contributed by atoms with Crippen molar-refractivity contribution in [1.29, 1.82) is 0 Å². The summed E-state index contributed by atoms with van der Waals surface area (Å²) in [4.78, 5) is 12.1. The van der Waals surface area contributed by atoms with Crippen molar-refractivity contribution in [3.63, 3.8) is 0 Å². The zero-order valence-corrected chi connectivity index (χ0v) is 25.9. The summed E-state index contributed by atoms with van der Waals surface area (Å²) < 4.78 is 44.3. The maximum absolute atomic E-state index is 12.1. The second-order valence-corrected chi connectivity index (χ2v) is 12.1. The third-order valence-electron chi connectivity index (χ3n) is 5.85. The first-order chi connectivity index (χ1) is 18.2. The van der Waals surface area contributed by atoms with Crippen molar-refractivity contribution in [2.45, 2.75) is 90.1 Å². The molecular weight excluding hydrogens is 509 g/mol. The summed E-state index contributed by atoms with van der Waals surface area (Å²) in [6, 6.07) is 0. The van der Waals surface area contributed by atoms with E-state index >= 15 is 0 Å². The molecule has 0 bridgehead atoms. The van der Waals surface area contributed by atoms with Crippen LogP contribution in [0.15, 0.2) is 12.2 Å². The van der Waals surface area contributed by atoms with Crippen LogP contribution in [-0.2, 0) is 32.6 Å². The number of quaternary nitrogens is 1. The lowest BCUT2D eigenvalue weighted by atomic mass is 10.1. The minimum atomic E-state index is -4.42. The molecule has 0 fully saturated rings. The van der Waals surface area contributed by atoms with E-state index in [4.69, 9.17) is 28.0 Å². The fourth-order valence-electron chi connectivity index (χ4n) is 3.43.